The van der Waals surface area contributed by atoms with E-state index in [9.17, 15) is 13.6 Å². The van der Waals surface area contributed by atoms with Crippen LogP contribution >= 0.6 is 11.6 Å². The van der Waals surface area contributed by atoms with Gasteiger partial charge in [-0.15, -0.1) is 0 Å². The number of nitrogens with zero attached hydrogens (tertiary/aromatic N) is 1. The van der Waals surface area contributed by atoms with Crippen LogP contribution in [-0.4, -0.2) is 22.7 Å². The van der Waals surface area contributed by atoms with Crippen LogP contribution in [-0.2, 0) is 0 Å². The van der Waals surface area contributed by atoms with Crippen LogP contribution in [0.3, 0.4) is 0 Å². The number of carbonyl (C=O) groups is 1. The first-order valence-corrected chi connectivity index (χ1v) is 3.72. The van der Waals surface area contributed by atoms with Crippen LogP contribution in [0.1, 0.15) is 10.5 Å². The van der Waals surface area contributed by atoms with E-state index >= 15 is 0 Å². The number of rotatable bonds is 3. The van der Waals surface area contributed by atoms with Gasteiger partial charge >= 0.3 is 12.6 Å². The molecule has 4 nitrogen and oxygen atoms in total. The Morgan fingerprint density at radius 2 is 2.29 bits per heavy atom. The minimum absolute atomic E-state index is 0.408. The maximum Gasteiger partial charge on any atom is 0.387 e. The fourth-order valence-corrected chi connectivity index (χ4v) is 0.999. The van der Waals surface area contributed by atoms with Gasteiger partial charge in [0.05, 0.1) is 0 Å². The number of pyridine rings is 1. The SMILES string of the molecule is O=C(O)c1nccc(OC(F)F)c1Cl. The highest BCUT2D eigenvalue weighted by Crippen LogP contribution is 2.27. The molecule has 0 fully saturated rings. The molecule has 1 aromatic heterocycles. The van der Waals surface area contributed by atoms with Crippen LogP contribution in [0.5, 0.6) is 5.75 Å². The minimum atomic E-state index is -3.06. The number of hydrogen-bond acceptors (Lipinski definition) is 3. The molecule has 0 saturated heterocycles. The molecular formula is C7H4ClF2NO3. The van der Waals surface area contributed by atoms with Crippen LogP contribution in [0.15, 0.2) is 12.3 Å². The second kappa shape index (κ2) is 4.19. The molecule has 0 aliphatic rings. The van der Waals surface area contributed by atoms with Gasteiger partial charge in [0.1, 0.15) is 10.8 Å². The topological polar surface area (TPSA) is 59.4 Å². The van der Waals surface area contributed by atoms with Gasteiger partial charge in [-0.3, -0.25) is 0 Å². The fraction of sp³-hybridized carbons (Fsp3) is 0.143. The third-order valence-electron chi connectivity index (χ3n) is 1.27. The molecular weight excluding hydrogens is 220 g/mol. The zero-order chi connectivity index (χ0) is 10.7. The molecule has 0 saturated carbocycles. The van der Waals surface area contributed by atoms with Crippen molar-refractivity contribution in [3.8, 4) is 5.75 Å². The normalized spacial score (nSPS) is 10.3. The summed E-state index contributed by atoms with van der Waals surface area (Å²) in [6, 6.07) is 1.06. The summed E-state index contributed by atoms with van der Waals surface area (Å²) in [4.78, 5) is 13.9. The molecule has 14 heavy (non-hydrogen) atoms. The summed E-state index contributed by atoms with van der Waals surface area (Å²) in [5.74, 6) is -1.82. The Morgan fingerprint density at radius 1 is 1.64 bits per heavy atom. The van der Waals surface area contributed by atoms with Crippen LogP contribution in [0.25, 0.3) is 0 Å². The molecule has 0 spiro atoms. The van der Waals surface area contributed by atoms with Gasteiger partial charge in [0.2, 0.25) is 0 Å². The van der Waals surface area contributed by atoms with Gasteiger partial charge in [0.25, 0.3) is 0 Å². The van der Waals surface area contributed by atoms with Crippen molar-refractivity contribution < 1.29 is 23.4 Å². The summed E-state index contributed by atoms with van der Waals surface area (Å²) in [6.07, 6.45) is 1.02. The average molecular weight is 224 g/mol. The molecule has 1 heterocycles. The summed E-state index contributed by atoms with van der Waals surface area (Å²) < 4.78 is 27.5. The fourth-order valence-electron chi connectivity index (χ4n) is 0.762. The molecule has 7 heteroatoms. The van der Waals surface area contributed by atoms with Crippen molar-refractivity contribution in [3.63, 3.8) is 0 Å². The molecule has 0 bridgehead atoms. The smallest absolute Gasteiger partial charge is 0.387 e. The van der Waals surface area contributed by atoms with Crippen LogP contribution < -0.4 is 4.74 Å². The average Bonchev–Trinajstić information content (AvgIpc) is 2.07. The molecule has 1 rings (SSSR count). The van der Waals surface area contributed by atoms with Crippen molar-refractivity contribution in [2.24, 2.45) is 0 Å². The quantitative estimate of drug-likeness (QED) is 0.852. The number of carboxylic acids is 1. The van der Waals surface area contributed by atoms with Gasteiger partial charge in [-0.1, -0.05) is 11.6 Å². The number of aromatic nitrogens is 1. The first-order chi connectivity index (χ1) is 6.52. The standard InChI is InChI=1S/C7H4ClF2NO3/c8-4-3(14-7(9)10)1-2-11-5(4)6(12)13/h1-2,7H,(H,12,13). The molecule has 1 aromatic rings. The van der Waals surface area contributed by atoms with Crippen LogP contribution in [0.4, 0.5) is 8.78 Å². The molecule has 0 atom stereocenters. The second-order valence-corrected chi connectivity index (χ2v) is 2.53. The van der Waals surface area contributed by atoms with Crippen LogP contribution in [0.2, 0.25) is 5.02 Å². The zero-order valence-corrected chi connectivity index (χ0v) is 7.33. The lowest BCUT2D eigenvalue weighted by atomic mass is 10.3. The van der Waals surface area contributed by atoms with Gasteiger partial charge in [0.15, 0.2) is 5.69 Å². The Balaban J connectivity index is 3.07. The van der Waals surface area contributed by atoms with Crippen molar-refractivity contribution in [1.29, 1.82) is 0 Å². The van der Waals surface area contributed by atoms with Gasteiger partial charge in [-0.2, -0.15) is 8.78 Å². The molecule has 0 aliphatic carbocycles. The Morgan fingerprint density at radius 3 is 2.79 bits per heavy atom. The molecule has 0 aliphatic heterocycles. The predicted molar refractivity (Wildman–Crippen MR) is 42.8 cm³/mol. The lowest BCUT2D eigenvalue weighted by molar-refractivity contribution is -0.0499. The van der Waals surface area contributed by atoms with Gasteiger partial charge in [-0.25, -0.2) is 9.78 Å². The number of halogens is 3. The van der Waals surface area contributed by atoms with Crippen molar-refractivity contribution in [2.45, 2.75) is 6.61 Å². The van der Waals surface area contributed by atoms with E-state index < -0.39 is 29.0 Å². The molecule has 0 radical (unpaired) electrons. The van der Waals surface area contributed by atoms with E-state index in [0.717, 1.165) is 12.3 Å². The Hall–Kier alpha value is -1.43. The monoisotopic (exact) mass is 223 g/mol. The Kier molecular flexibility index (Phi) is 3.19. The largest absolute Gasteiger partial charge is 0.476 e. The first kappa shape index (κ1) is 10.6. The van der Waals surface area contributed by atoms with Crippen molar-refractivity contribution in [1.82, 2.24) is 4.98 Å². The van der Waals surface area contributed by atoms with Gasteiger partial charge < -0.3 is 9.84 Å². The molecule has 0 aromatic carbocycles. The summed E-state index contributed by atoms with van der Waals surface area (Å²) >= 11 is 5.45. The molecule has 1 N–H and O–H groups in total. The van der Waals surface area contributed by atoms with Crippen molar-refractivity contribution in [2.75, 3.05) is 0 Å². The first-order valence-electron chi connectivity index (χ1n) is 3.35. The zero-order valence-electron chi connectivity index (χ0n) is 6.58. The van der Waals surface area contributed by atoms with E-state index in [1.165, 1.54) is 0 Å². The number of alkyl halides is 2. The van der Waals surface area contributed by atoms with E-state index in [1.54, 1.807) is 0 Å². The minimum Gasteiger partial charge on any atom is -0.476 e. The highest BCUT2D eigenvalue weighted by atomic mass is 35.5. The van der Waals surface area contributed by atoms with E-state index in [-0.39, 0.29) is 0 Å². The predicted octanol–water partition coefficient (Wildman–Crippen LogP) is 2.03. The van der Waals surface area contributed by atoms with E-state index in [0.29, 0.717) is 0 Å². The lowest BCUT2D eigenvalue weighted by Crippen LogP contribution is -2.06. The highest BCUT2D eigenvalue weighted by molar-refractivity contribution is 6.34. The molecule has 0 unspecified atom stereocenters. The Bertz CT molecular complexity index is 359. The maximum atomic E-state index is 11.8. The second-order valence-electron chi connectivity index (χ2n) is 2.16. The van der Waals surface area contributed by atoms with Crippen molar-refractivity contribution in [3.05, 3.63) is 23.0 Å². The maximum absolute atomic E-state index is 11.8. The third-order valence-corrected chi connectivity index (χ3v) is 1.64. The summed E-state index contributed by atoms with van der Waals surface area (Å²) in [5, 5.41) is 8.09. The summed E-state index contributed by atoms with van der Waals surface area (Å²) in [5.41, 5.74) is -0.523. The number of aromatic carboxylic acids is 1. The van der Waals surface area contributed by atoms with E-state index in [2.05, 4.69) is 9.72 Å². The third kappa shape index (κ3) is 2.29. The summed E-state index contributed by atoms with van der Waals surface area (Å²) in [7, 11) is 0. The molecule has 76 valence electrons. The van der Waals surface area contributed by atoms with Gasteiger partial charge in [-0.05, 0) is 0 Å². The highest BCUT2D eigenvalue weighted by Gasteiger charge is 2.16. The van der Waals surface area contributed by atoms with E-state index in [1.807, 2.05) is 0 Å². The van der Waals surface area contributed by atoms with Crippen molar-refractivity contribution >= 4 is 17.6 Å². The van der Waals surface area contributed by atoms with E-state index in [4.69, 9.17) is 16.7 Å². The Labute approximate surface area is 82.1 Å². The molecule has 0 amide bonds. The van der Waals surface area contributed by atoms with Crippen LogP contribution in [0, 0.1) is 0 Å². The number of hydrogen-bond donors (Lipinski definition) is 1. The number of ether oxygens (including phenoxy) is 1. The van der Waals surface area contributed by atoms with Gasteiger partial charge in [0, 0.05) is 12.3 Å². The number of carboxylic acid groups (broad SMARTS) is 1. The lowest BCUT2D eigenvalue weighted by Gasteiger charge is -2.06. The summed E-state index contributed by atoms with van der Waals surface area (Å²) in [6.45, 7) is -3.06.